The Morgan fingerprint density at radius 3 is 1.96 bits per heavy atom. The fraction of sp³-hybridized carbons (Fsp3) is 0.636. The highest BCUT2D eigenvalue weighted by Gasteiger charge is 2.17. The topological polar surface area (TPSA) is 52.6 Å². The SMILES string of the molecule is CC(C)(C)OC(=O)c1ccc(OCCCCCCCCCCC=O)cc1. The van der Waals surface area contributed by atoms with Gasteiger partial charge < -0.3 is 14.3 Å². The minimum absolute atomic E-state index is 0.310. The smallest absolute Gasteiger partial charge is 0.338 e. The van der Waals surface area contributed by atoms with E-state index in [0.717, 1.165) is 24.9 Å². The summed E-state index contributed by atoms with van der Waals surface area (Å²) in [5, 5.41) is 0. The highest BCUT2D eigenvalue weighted by Crippen LogP contribution is 2.17. The molecule has 4 heteroatoms. The van der Waals surface area contributed by atoms with Crippen molar-refractivity contribution >= 4 is 12.3 Å². The van der Waals surface area contributed by atoms with Crippen molar-refractivity contribution in [2.24, 2.45) is 0 Å². The Morgan fingerprint density at radius 2 is 1.42 bits per heavy atom. The van der Waals surface area contributed by atoms with E-state index in [1.54, 1.807) is 12.1 Å². The van der Waals surface area contributed by atoms with Gasteiger partial charge in [-0.15, -0.1) is 0 Å². The van der Waals surface area contributed by atoms with Crippen LogP contribution in [0, 0.1) is 0 Å². The van der Waals surface area contributed by atoms with Gasteiger partial charge in [-0.2, -0.15) is 0 Å². The maximum Gasteiger partial charge on any atom is 0.338 e. The minimum Gasteiger partial charge on any atom is -0.494 e. The zero-order valence-electron chi connectivity index (χ0n) is 16.6. The number of hydrogen-bond donors (Lipinski definition) is 0. The third kappa shape index (κ3) is 10.9. The van der Waals surface area contributed by atoms with Crippen molar-refractivity contribution in [3.05, 3.63) is 29.8 Å². The molecule has 0 aromatic heterocycles. The molecule has 4 nitrogen and oxygen atoms in total. The van der Waals surface area contributed by atoms with Gasteiger partial charge in [0.05, 0.1) is 12.2 Å². The first-order chi connectivity index (χ1) is 12.4. The number of benzene rings is 1. The Bertz CT molecular complexity index is 514. The van der Waals surface area contributed by atoms with Gasteiger partial charge in [-0.3, -0.25) is 0 Å². The van der Waals surface area contributed by atoms with E-state index in [1.165, 1.54) is 38.5 Å². The normalized spacial score (nSPS) is 11.2. The van der Waals surface area contributed by atoms with Gasteiger partial charge in [0.15, 0.2) is 0 Å². The second kappa shape index (κ2) is 12.5. The molecule has 1 rings (SSSR count). The molecule has 0 fully saturated rings. The van der Waals surface area contributed by atoms with Crippen molar-refractivity contribution < 1.29 is 19.1 Å². The maximum absolute atomic E-state index is 12.0. The molecule has 0 aliphatic carbocycles. The van der Waals surface area contributed by atoms with Crippen molar-refractivity contribution in [3.8, 4) is 5.75 Å². The van der Waals surface area contributed by atoms with Gasteiger partial charge in [-0.25, -0.2) is 4.79 Å². The van der Waals surface area contributed by atoms with Crippen molar-refractivity contribution in [2.45, 2.75) is 84.2 Å². The maximum atomic E-state index is 12.0. The van der Waals surface area contributed by atoms with Crippen molar-refractivity contribution in [1.82, 2.24) is 0 Å². The van der Waals surface area contributed by atoms with Crippen LogP contribution < -0.4 is 4.74 Å². The first kappa shape index (κ1) is 22.2. The largest absolute Gasteiger partial charge is 0.494 e. The summed E-state index contributed by atoms with van der Waals surface area (Å²) < 4.78 is 11.1. The van der Waals surface area contributed by atoms with Gasteiger partial charge in [0.1, 0.15) is 17.6 Å². The van der Waals surface area contributed by atoms with Gasteiger partial charge in [0, 0.05) is 6.42 Å². The Balaban J connectivity index is 2.09. The molecule has 0 spiro atoms. The van der Waals surface area contributed by atoms with Gasteiger partial charge >= 0.3 is 5.97 Å². The molecule has 0 N–H and O–H groups in total. The summed E-state index contributed by atoms with van der Waals surface area (Å²) in [7, 11) is 0. The van der Waals surface area contributed by atoms with Crippen LogP contribution in [-0.2, 0) is 9.53 Å². The fourth-order valence-corrected chi connectivity index (χ4v) is 2.60. The highest BCUT2D eigenvalue weighted by molar-refractivity contribution is 5.89. The van der Waals surface area contributed by atoms with Crippen LogP contribution in [0.4, 0.5) is 0 Å². The zero-order valence-corrected chi connectivity index (χ0v) is 16.6. The summed E-state index contributed by atoms with van der Waals surface area (Å²) in [6.45, 7) is 6.27. The second-order valence-corrected chi connectivity index (χ2v) is 7.66. The van der Waals surface area contributed by atoms with Crippen LogP contribution >= 0.6 is 0 Å². The van der Waals surface area contributed by atoms with E-state index in [0.29, 0.717) is 18.6 Å². The molecule has 1 aromatic rings. The molecule has 1 aromatic carbocycles. The highest BCUT2D eigenvalue weighted by atomic mass is 16.6. The van der Waals surface area contributed by atoms with E-state index < -0.39 is 5.60 Å². The Labute approximate surface area is 158 Å². The van der Waals surface area contributed by atoms with E-state index >= 15 is 0 Å². The molecule has 0 saturated heterocycles. The molecule has 0 bridgehead atoms. The summed E-state index contributed by atoms with van der Waals surface area (Å²) in [6.07, 6.45) is 11.1. The third-order valence-corrected chi connectivity index (χ3v) is 3.97. The molecule has 0 aliphatic heterocycles. The number of ether oxygens (including phenoxy) is 2. The lowest BCUT2D eigenvalue weighted by Gasteiger charge is -2.19. The van der Waals surface area contributed by atoms with Crippen LogP contribution in [0.3, 0.4) is 0 Å². The Kier molecular flexibility index (Phi) is 10.7. The number of esters is 1. The fourth-order valence-electron chi connectivity index (χ4n) is 2.60. The summed E-state index contributed by atoms with van der Waals surface area (Å²) in [4.78, 5) is 22.2. The molecule has 0 saturated carbocycles. The first-order valence-corrected chi connectivity index (χ1v) is 9.82. The minimum atomic E-state index is -0.484. The monoisotopic (exact) mass is 362 g/mol. The van der Waals surface area contributed by atoms with Crippen LogP contribution in [0.5, 0.6) is 5.75 Å². The number of rotatable bonds is 13. The molecule has 26 heavy (non-hydrogen) atoms. The van der Waals surface area contributed by atoms with E-state index in [2.05, 4.69) is 0 Å². The molecular formula is C22H34O4. The first-order valence-electron chi connectivity index (χ1n) is 9.82. The predicted molar refractivity (Wildman–Crippen MR) is 105 cm³/mol. The molecule has 0 aliphatic rings. The van der Waals surface area contributed by atoms with Crippen molar-refractivity contribution in [1.29, 1.82) is 0 Å². The van der Waals surface area contributed by atoms with Crippen molar-refractivity contribution in [3.63, 3.8) is 0 Å². The lowest BCUT2D eigenvalue weighted by Crippen LogP contribution is -2.23. The van der Waals surface area contributed by atoms with Crippen LogP contribution in [0.15, 0.2) is 24.3 Å². The molecular weight excluding hydrogens is 328 g/mol. The molecule has 0 heterocycles. The van der Waals surface area contributed by atoms with E-state index in [-0.39, 0.29) is 5.97 Å². The average molecular weight is 363 g/mol. The average Bonchev–Trinajstić information content (AvgIpc) is 2.58. The number of aldehydes is 1. The molecule has 0 radical (unpaired) electrons. The Hall–Kier alpha value is -1.84. The Morgan fingerprint density at radius 1 is 0.885 bits per heavy atom. The zero-order chi connectivity index (χ0) is 19.3. The number of hydrogen-bond acceptors (Lipinski definition) is 4. The number of unbranched alkanes of at least 4 members (excludes halogenated alkanes) is 8. The van der Waals surface area contributed by atoms with E-state index in [1.807, 2.05) is 32.9 Å². The van der Waals surface area contributed by atoms with Crippen LogP contribution in [-0.4, -0.2) is 24.5 Å². The van der Waals surface area contributed by atoms with Crippen LogP contribution in [0.1, 0.15) is 88.9 Å². The molecule has 0 unspecified atom stereocenters. The number of carbonyl (C=O) groups excluding carboxylic acids is 2. The lowest BCUT2D eigenvalue weighted by molar-refractivity contribution is -0.107. The quantitative estimate of drug-likeness (QED) is 0.255. The van der Waals surface area contributed by atoms with E-state index in [9.17, 15) is 9.59 Å². The van der Waals surface area contributed by atoms with Gasteiger partial charge in [0.2, 0.25) is 0 Å². The van der Waals surface area contributed by atoms with Crippen LogP contribution in [0.2, 0.25) is 0 Å². The molecule has 146 valence electrons. The number of carbonyl (C=O) groups is 2. The second-order valence-electron chi connectivity index (χ2n) is 7.66. The summed E-state index contributed by atoms with van der Waals surface area (Å²) in [6, 6.07) is 7.12. The van der Waals surface area contributed by atoms with E-state index in [4.69, 9.17) is 9.47 Å². The van der Waals surface area contributed by atoms with Gasteiger partial charge in [-0.1, -0.05) is 38.5 Å². The van der Waals surface area contributed by atoms with Gasteiger partial charge in [0.25, 0.3) is 0 Å². The lowest BCUT2D eigenvalue weighted by atomic mass is 10.1. The van der Waals surface area contributed by atoms with Crippen LogP contribution in [0.25, 0.3) is 0 Å². The molecule has 0 amide bonds. The third-order valence-electron chi connectivity index (χ3n) is 3.97. The molecule has 0 atom stereocenters. The van der Waals surface area contributed by atoms with Gasteiger partial charge in [-0.05, 0) is 57.9 Å². The summed E-state index contributed by atoms with van der Waals surface area (Å²) in [5.74, 6) is 0.475. The summed E-state index contributed by atoms with van der Waals surface area (Å²) >= 11 is 0. The van der Waals surface area contributed by atoms with Crippen molar-refractivity contribution in [2.75, 3.05) is 6.61 Å². The standard InChI is InChI=1S/C22H34O4/c1-22(2,3)26-21(24)19-13-15-20(16-14-19)25-18-12-10-8-6-4-5-7-9-11-17-23/h13-17H,4-12,18H2,1-3H3. The predicted octanol–water partition coefficient (Wildman–Crippen LogP) is 5.73. The summed E-state index contributed by atoms with van der Waals surface area (Å²) in [5.41, 5.74) is 0.0577.